The lowest BCUT2D eigenvalue weighted by atomic mass is 9.92. The van der Waals surface area contributed by atoms with Gasteiger partial charge >= 0.3 is 5.97 Å². The van der Waals surface area contributed by atoms with Crippen LogP contribution in [-0.2, 0) is 9.36 Å². The van der Waals surface area contributed by atoms with Gasteiger partial charge in [0.2, 0.25) is 7.37 Å². The van der Waals surface area contributed by atoms with Gasteiger partial charge in [-0.25, -0.2) is 0 Å². The van der Waals surface area contributed by atoms with Crippen LogP contribution in [-0.4, -0.2) is 22.1 Å². The number of hydrogen-bond acceptors (Lipinski definition) is 3. The molecule has 4 nitrogen and oxygen atoms in total. The Kier molecular flexibility index (Phi) is 4.99. The second kappa shape index (κ2) is 6.56. The standard InChI is InChI=1S/C15H17O4PS/c1-2-20(18,19)14(12-8-9-21-10-12)13(15(16)17)11-6-4-3-5-7-11/h3-10,13-14H,2H2,1H3,(H,16,17)(H,18,19). The van der Waals surface area contributed by atoms with Crippen LogP contribution in [0.3, 0.4) is 0 Å². The maximum Gasteiger partial charge on any atom is 0.312 e. The van der Waals surface area contributed by atoms with E-state index >= 15 is 0 Å². The molecular weight excluding hydrogens is 307 g/mol. The summed E-state index contributed by atoms with van der Waals surface area (Å²) >= 11 is 1.39. The normalized spacial score (nSPS) is 16.9. The quantitative estimate of drug-likeness (QED) is 0.789. The molecule has 0 spiro atoms. The van der Waals surface area contributed by atoms with Gasteiger partial charge in [0.25, 0.3) is 0 Å². The highest BCUT2D eigenvalue weighted by atomic mass is 32.1. The van der Waals surface area contributed by atoms with Crippen LogP contribution < -0.4 is 0 Å². The van der Waals surface area contributed by atoms with E-state index in [2.05, 4.69) is 0 Å². The molecule has 0 saturated carbocycles. The molecule has 0 aliphatic carbocycles. The molecule has 6 heteroatoms. The number of aliphatic carboxylic acids is 1. The zero-order chi connectivity index (χ0) is 15.5. The summed E-state index contributed by atoms with van der Waals surface area (Å²) in [7, 11) is -3.62. The maximum absolute atomic E-state index is 12.6. The lowest BCUT2D eigenvalue weighted by Gasteiger charge is -2.27. The highest BCUT2D eigenvalue weighted by Crippen LogP contribution is 2.61. The summed E-state index contributed by atoms with van der Waals surface area (Å²) in [5.41, 5.74) is 0.238. The molecule has 1 heterocycles. The van der Waals surface area contributed by atoms with Crippen molar-refractivity contribution in [3.63, 3.8) is 0 Å². The average molecular weight is 324 g/mol. The third kappa shape index (κ3) is 3.43. The first kappa shape index (κ1) is 16.0. The number of carbonyl (C=O) groups is 1. The first-order valence-corrected chi connectivity index (χ1v) is 9.44. The van der Waals surface area contributed by atoms with Crippen molar-refractivity contribution >= 4 is 24.7 Å². The number of hydrogen-bond donors (Lipinski definition) is 2. The Morgan fingerprint density at radius 3 is 2.38 bits per heavy atom. The fraction of sp³-hybridized carbons (Fsp3) is 0.267. The van der Waals surface area contributed by atoms with Crippen LogP contribution in [0.4, 0.5) is 0 Å². The number of rotatable bonds is 6. The molecule has 2 N–H and O–H groups in total. The van der Waals surface area contributed by atoms with Crippen molar-refractivity contribution in [1.29, 1.82) is 0 Å². The third-order valence-corrected chi connectivity index (χ3v) is 6.59. The Morgan fingerprint density at radius 1 is 1.24 bits per heavy atom. The molecule has 1 aromatic heterocycles. The molecule has 0 aliphatic heterocycles. The van der Waals surface area contributed by atoms with Gasteiger partial charge in [-0.05, 0) is 28.0 Å². The number of carboxylic acids is 1. The van der Waals surface area contributed by atoms with E-state index in [1.165, 1.54) is 11.3 Å². The van der Waals surface area contributed by atoms with E-state index in [0.29, 0.717) is 11.1 Å². The van der Waals surface area contributed by atoms with Gasteiger partial charge in [0, 0.05) is 6.16 Å². The first-order chi connectivity index (χ1) is 9.97. The second-order valence-electron chi connectivity index (χ2n) is 4.80. The number of carboxylic acid groups (broad SMARTS) is 1. The monoisotopic (exact) mass is 324 g/mol. The van der Waals surface area contributed by atoms with Gasteiger partial charge in [-0.3, -0.25) is 9.36 Å². The summed E-state index contributed by atoms with van der Waals surface area (Å²) in [6, 6.07) is 10.4. The largest absolute Gasteiger partial charge is 0.481 e. The molecular formula is C15H17O4PS. The minimum atomic E-state index is -3.62. The summed E-state index contributed by atoms with van der Waals surface area (Å²) in [5.74, 6) is -2.11. The average Bonchev–Trinajstić information content (AvgIpc) is 2.98. The summed E-state index contributed by atoms with van der Waals surface area (Å²) < 4.78 is 12.6. The molecule has 2 rings (SSSR count). The second-order valence-corrected chi connectivity index (χ2v) is 8.28. The van der Waals surface area contributed by atoms with Crippen molar-refractivity contribution in [2.24, 2.45) is 0 Å². The fourth-order valence-corrected chi connectivity index (χ4v) is 5.00. The van der Waals surface area contributed by atoms with Gasteiger partial charge in [0.15, 0.2) is 0 Å². The minimum absolute atomic E-state index is 0.0458. The van der Waals surface area contributed by atoms with Crippen molar-refractivity contribution in [1.82, 2.24) is 0 Å². The molecule has 0 fully saturated rings. The number of thiophene rings is 1. The smallest absolute Gasteiger partial charge is 0.312 e. The van der Waals surface area contributed by atoms with Crippen molar-refractivity contribution in [3.8, 4) is 0 Å². The molecule has 0 aliphatic rings. The highest BCUT2D eigenvalue weighted by molar-refractivity contribution is 7.58. The van der Waals surface area contributed by atoms with Crippen LogP contribution in [0.1, 0.15) is 29.6 Å². The van der Waals surface area contributed by atoms with Gasteiger partial charge in [-0.15, -0.1) is 0 Å². The van der Waals surface area contributed by atoms with E-state index < -0.39 is 24.9 Å². The zero-order valence-corrected chi connectivity index (χ0v) is 13.3. The Balaban J connectivity index is 2.57. The Bertz CT molecular complexity index is 639. The Morgan fingerprint density at radius 2 is 1.90 bits per heavy atom. The van der Waals surface area contributed by atoms with E-state index in [1.54, 1.807) is 54.1 Å². The fourth-order valence-electron chi connectivity index (χ4n) is 2.42. The predicted octanol–water partition coefficient (Wildman–Crippen LogP) is 3.95. The summed E-state index contributed by atoms with van der Waals surface area (Å²) in [4.78, 5) is 22.1. The van der Waals surface area contributed by atoms with Crippen LogP contribution in [0.25, 0.3) is 0 Å². The Labute approximate surface area is 127 Å². The van der Waals surface area contributed by atoms with E-state index in [1.807, 2.05) is 0 Å². The van der Waals surface area contributed by atoms with Crippen LogP contribution in [0.2, 0.25) is 0 Å². The highest BCUT2D eigenvalue weighted by Gasteiger charge is 2.42. The van der Waals surface area contributed by atoms with Crippen LogP contribution in [0.15, 0.2) is 47.2 Å². The van der Waals surface area contributed by atoms with Crippen molar-refractivity contribution in [2.45, 2.75) is 18.5 Å². The summed E-state index contributed by atoms with van der Waals surface area (Å²) in [6.45, 7) is 1.62. The SMILES string of the molecule is CCP(=O)(O)C(c1ccsc1)C(C(=O)O)c1ccccc1. The van der Waals surface area contributed by atoms with Crippen molar-refractivity contribution in [2.75, 3.05) is 6.16 Å². The van der Waals surface area contributed by atoms with Crippen LogP contribution in [0, 0.1) is 0 Å². The van der Waals surface area contributed by atoms with E-state index in [9.17, 15) is 19.4 Å². The number of benzene rings is 1. The van der Waals surface area contributed by atoms with Gasteiger partial charge in [-0.2, -0.15) is 11.3 Å². The summed E-state index contributed by atoms with van der Waals surface area (Å²) in [5, 5.41) is 13.2. The first-order valence-electron chi connectivity index (χ1n) is 6.58. The molecule has 0 amide bonds. The van der Waals surface area contributed by atoms with Crippen LogP contribution in [0.5, 0.6) is 0 Å². The van der Waals surface area contributed by atoms with E-state index in [0.717, 1.165) is 0 Å². The lowest BCUT2D eigenvalue weighted by Crippen LogP contribution is -2.21. The molecule has 0 bridgehead atoms. The molecule has 3 atom stereocenters. The van der Waals surface area contributed by atoms with E-state index in [4.69, 9.17) is 0 Å². The molecule has 1 aromatic carbocycles. The summed E-state index contributed by atoms with van der Waals surface area (Å²) in [6.07, 6.45) is 0.0458. The molecule has 3 unspecified atom stereocenters. The minimum Gasteiger partial charge on any atom is -0.481 e. The molecule has 0 radical (unpaired) electrons. The van der Waals surface area contributed by atoms with Crippen molar-refractivity contribution in [3.05, 3.63) is 58.3 Å². The Hall–Kier alpha value is -1.42. The van der Waals surface area contributed by atoms with Crippen molar-refractivity contribution < 1.29 is 19.4 Å². The maximum atomic E-state index is 12.6. The molecule has 112 valence electrons. The molecule has 0 saturated heterocycles. The molecule has 21 heavy (non-hydrogen) atoms. The zero-order valence-electron chi connectivity index (χ0n) is 11.5. The van der Waals surface area contributed by atoms with Gasteiger partial charge < -0.3 is 10.00 Å². The third-order valence-electron chi connectivity index (χ3n) is 3.51. The lowest BCUT2D eigenvalue weighted by molar-refractivity contribution is -0.139. The van der Waals surface area contributed by atoms with Gasteiger partial charge in [0.1, 0.15) is 0 Å². The van der Waals surface area contributed by atoms with E-state index in [-0.39, 0.29) is 6.16 Å². The van der Waals surface area contributed by atoms with Crippen LogP contribution >= 0.6 is 18.7 Å². The topological polar surface area (TPSA) is 74.6 Å². The van der Waals surface area contributed by atoms with Gasteiger partial charge in [0.05, 0.1) is 11.6 Å². The molecule has 2 aromatic rings. The predicted molar refractivity (Wildman–Crippen MR) is 84.2 cm³/mol. The van der Waals surface area contributed by atoms with Gasteiger partial charge in [-0.1, -0.05) is 37.3 Å².